The third-order valence-corrected chi connectivity index (χ3v) is 1.25. The van der Waals surface area contributed by atoms with Crippen molar-refractivity contribution in [1.82, 2.24) is 0 Å². The number of aliphatic hydroxyl groups is 1. The summed E-state index contributed by atoms with van der Waals surface area (Å²) in [5, 5.41) is 38.9. The second-order valence-corrected chi connectivity index (χ2v) is 2.42. The fraction of sp³-hybridized carbons (Fsp3) is 0.500. The van der Waals surface area contributed by atoms with Crippen LogP contribution in [0.25, 0.3) is 0 Å². The molecule has 0 aromatic heterocycles. The molecular weight excluding hydrogens is 263 g/mol. The molecule has 0 aromatic carbocycles. The first-order chi connectivity index (χ1) is 5.78. The number of carbonyl (C=O) groups excluding carboxylic acids is 3. The van der Waals surface area contributed by atoms with Crippen molar-refractivity contribution in [3.8, 4) is 0 Å². The van der Waals surface area contributed by atoms with Gasteiger partial charge in [-0.05, 0) is 0 Å². The largest absolute Gasteiger partial charge is 3.00 e. The van der Waals surface area contributed by atoms with Crippen molar-refractivity contribution >= 4 is 35.0 Å². The summed E-state index contributed by atoms with van der Waals surface area (Å²) in [6.45, 7) is 0. The number of aliphatic carboxylic acids is 3. The summed E-state index contributed by atoms with van der Waals surface area (Å²) >= 11 is 0. The van der Waals surface area contributed by atoms with E-state index in [9.17, 15) is 29.7 Å². The Balaban J connectivity index is 0. The third-order valence-electron chi connectivity index (χ3n) is 1.25. The molecule has 0 unspecified atom stereocenters. The van der Waals surface area contributed by atoms with Crippen LogP contribution >= 0.6 is 0 Å². The summed E-state index contributed by atoms with van der Waals surface area (Å²) in [5.74, 6) is -5.98. The number of carboxylic acids is 3. The van der Waals surface area contributed by atoms with Gasteiger partial charge in [-0.2, -0.15) is 0 Å². The van der Waals surface area contributed by atoms with E-state index in [1.807, 2.05) is 0 Å². The van der Waals surface area contributed by atoms with E-state index >= 15 is 0 Å². The van der Waals surface area contributed by atoms with E-state index < -0.39 is 36.4 Å². The van der Waals surface area contributed by atoms with Gasteiger partial charge >= 0.3 is 17.1 Å². The minimum Gasteiger partial charge on any atom is -0.550 e. The summed E-state index contributed by atoms with van der Waals surface area (Å²) in [6, 6.07) is 0. The molecule has 0 aliphatic heterocycles. The molecule has 7 nitrogen and oxygen atoms in total. The van der Waals surface area contributed by atoms with Crippen molar-refractivity contribution in [2.24, 2.45) is 0 Å². The molecule has 0 amide bonds. The van der Waals surface area contributed by atoms with E-state index in [0.717, 1.165) is 0 Å². The summed E-state index contributed by atoms with van der Waals surface area (Å²) in [4.78, 5) is 30.0. The molecule has 0 saturated carbocycles. The molecule has 3 radical (unpaired) electrons. The Morgan fingerprint density at radius 1 is 1.00 bits per heavy atom. The van der Waals surface area contributed by atoms with Gasteiger partial charge in [0, 0.05) is 24.8 Å². The first-order valence-corrected chi connectivity index (χ1v) is 3.11. The molecule has 0 bridgehead atoms. The van der Waals surface area contributed by atoms with Gasteiger partial charge in [-0.15, -0.1) is 0 Å². The van der Waals surface area contributed by atoms with Crippen LogP contribution in [-0.4, -0.2) is 45.7 Å². The van der Waals surface area contributed by atoms with Crippen LogP contribution in [0, 0.1) is 0 Å². The smallest absolute Gasteiger partial charge is 0.550 e. The minimum atomic E-state index is -2.97. The van der Waals surface area contributed by atoms with Gasteiger partial charge in [-0.1, -0.05) is 0 Å². The molecule has 8 heteroatoms. The Bertz CT molecular complexity index is 233. The SMILES string of the molecule is O=C([O-])CC(O)(CC(=O)[O-])C(=O)[O-].[Se+3]. The predicted molar refractivity (Wildman–Crippen MR) is 35.0 cm³/mol. The van der Waals surface area contributed by atoms with Crippen LogP contribution in [-0.2, 0) is 14.4 Å². The number of carboxylic acid groups (broad SMARTS) is 3. The molecule has 0 aliphatic carbocycles. The van der Waals surface area contributed by atoms with Crippen molar-refractivity contribution < 1.29 is 34.8 Å². The molecular formula is C6H5O7Se. The molecule has 0 aliphatic rings. The standard InChI is InChI=1S/C6H8O7.Se/c7-3(8)1-6(13,5(11)12)2-4(9)10;/h13H,1-2H2,(H,7,8)(H,9,10)(H,11,12);/q;+3/p-3. The van der Waals surface area contributed by atoms with Crippen LogP contribution in [0.3, 0.4) is 0 Å². The predicted octanol–water partition coefficient (Wildman–Crippen LogP) is -5.63. The zero-order chi connectivity index (χ0) is 10.6. The van der Waals surface area contributed by atoms with Crippen molar-refractivity contribution in [2.75, 3.05) is 0 Å². The van der Waals surface area contributed by atoms with Crippen molar-refractivity contribution in [3.63, 3.8) is 0 Å². The van der Waals surface area contributed by atoms with E-state index in [2.05, 4.69) is 0 Å². The fourth-order valence-corrected chi connectivity index (χ4v) is 0.684. The maximum absolute atomic E-state index is 10.1. The van der Waals surface area contributed by atoms with Crippen molar-refractivity contribution in [3.05, 3.63) is 0 Å². The zero-order valence-electron chi connectivity index (χ0n) is 6.72. The Labute approximate surface area is 88.8 Å². The summed E-state index contributed by atoms with van der Waals surface area (Å²) < 4.78 is 0. The van der Waals surface area contributed by atoms with E-state index in [1.165, 1.54) is 0 Å². The summed E-state index contributed by atoms with van der Waals surface area (Å²) in [6.07, 6.45) is -2.72. The van der Waals surface area contributed by atoms with Gasteiger partial charge in [-0.25, -0.2) is 0 Å². The fourth-order valence-electron chi connectivity index (χ4n) is 0.684. The van der Waals surface area contributed by atoms with Gasteiger partial charge in [-0.3, -0.25) is 0 Å². The maximum atomic E-state index is 10.1. The Morgan fingerprint density at radius 2 is 1.29 bits per heavy atom. The van der Waals surface area contributed by atoms with Gasteiger partial charge in [0.25, 0.3) is 0 Å². The average Bonchev–Trinajstić information content (AvgIpc) is 1.82. The number of hydrogen-bond donors (Lipinski definition) is 1. The maximum Gasteiger partial charge on any atom is 3.00 e. The van der Waals surface area contributed by atoms with Crippen LogP contribution in [0.4, 0.5) is 0 Å². The van der Waals surface area contributed by atoms with Gasteiger partial charge in [0.2, 0.25) is 0 Å². The zero-order valence-corrected chi connectivity index (χ0v) is 8.43. The Hall–Kier alpha value is -1.11. The van der Waals surface area contributed by atoms with Gasteiger partial charge in [0.05, 0.1) is 5.97 Å². The topological polar surface area (TPSA) is 141 Å². The second kappa shape index (κ2) is 5.58. The van der Waals surface area contributed by atoms with Crippen LogP contribution in [0.5, 0.6) is 0 Å². The third kappa shape index (κ3) is 4.80. The van der Waals surface area contributed by atoms with E-state index in [-0.39, 0.29) is 17.1 Å². The van der Waals surface area contributed by atoms with Crippen LogP contribution < -0.4 is 15.3 Å². The van der Waals surface area contributed by atoms with E-state index in [4.69, 9.17) is 5.11 Å². The van der Waals surface area contributed by atoms with E-state index in [0.29, 0.717) is 0 Å². The van der Waals surface area contributed by atoms with E-state index in [1.54, 1.807) is 0 Å². The number of rotatable bonds is 5. The summed E-state index contributed by atoms with van der Waals surface area (Å²) in [7, 11) is 0. The number of carbonyl (C=O) groups is 3. The first-order valence-electron chi connectivity index (χ1n) is 3.11. The normalized spacial score (nSPS) is 10.1. The minimum absolute atomic E-state index is 0. The molecule has 0 spiro atoms. The first kappa shape index (κ1) is 15.4. The quantitative estimate of drug-likeness (QED) is 0.490. The molecule has 0 rings (SSSR count). The number of hydrogen-bond acceptors (Lipinski definition) is 7. The van der Waals surface area contributed by atoms with Crippen molar-refractivity contribution in [1.29, 1.82) is 0 Å². The molecule has 1 N–H and O–H groups in total. The van der Waals surface area contributed by atoms with Gasteiger partial charge < -0.3 is 34.8 Å². The van der Waals surface area contributed by atoms with Crippen LogP contribution in [0.15, 0.2) is 0 Å². The van der Waals surface area contributed by atoms with Crippen LogP contribution in [0.2, 0.25) is 0 Å². The van der Waals surface area contributed by atoms with Crippen LogP contribution in [0.1, 0.15) is 12.8 Å². The molecule has 14 heavy (non-hydrogen) atoms. The monoisotopic (exact) mass is 269 g/mol. The average molecular weight is 268 g/mol. The molecule has 0 aromatic rings. The van der Waals surface area contributed by atoms with Gasteiger partial charge in [0.1, 0.15) is 5.60 Å². The molecule has 0 saturated heterocycles. The summed E-state index contributed by atoms with van der Waals surface area (Å²) in [5.41, 5.74) is -2.97. The molecule has 0 heterocycles. The second-order valence-electron chi connectivity index (χ2n) is 2.42. The molecule has 77 valence electrons. The Kier molecular flexibility index (Phi) is 6.13. The van der Waals surface area contributed by atoms with Gasteiger partial charge in [0.15, 0.2) is 0 Å². The van der Waals surface area contributed by atoms with Crippen molar-refractivity contribution in [2.45, 2.75) is 18.4 Å². The molecule has 0 atom stereocenters. The molecule has 0 fully saturated rings. The Morgan fingerprint density at radius 3 is 1.43 bits per heavy atom.